The van der Waals surface area contributed by atoms with E-state index in [0.29, 0.717) is 23.6 Å². The summed E-state index contributed by atoms with van der Waals surface area (Å²) in [4.78, 5) is 38.7. The Kier molecular flexibility index (Phi) is 7.33. The second-order valence-corrected chi connectivity index (χ2v) is 8.57. The van der Waals surface area contributed by atoms with Gasteiger partial charge in [-0.05, 0) is 61.0 Å². The summed E-state index contributed by atoms with van der Waals surface area (Å²) < 4.78 is 6.56. The number of imide groups is 1. The number of rotatable bonds is 7. The summed E-state index contributed by atoms with van der Waals surface area (Å²) in [6, 6.07) is 12.8. The predicted molar refractivity (Wildman–Crippen MR) is 122 cm³/mol. The van der Waals surface area contributed by atoms with Crippen LogP contribution in [0, 0.1) is 6.92 Å². The van der Waals surface area contributed by atoms with Crippen molar-refractivity contribution in [3.63, 3.8) is 0 Å². The van der Waals surface area contributed by atoms with E-state index < -0.39 is 17.1 Å². The highest BCUT2D eigenvalue weighted by Crippen LogP contribution is 2.35. The lowest BCUT2D eigenvalue weighted by molar-refractivity contribution is -0.127. The maximum atomic E-state index is 12.8. The number of benzene rings is 2. The van der Waals surface area contributed by atoms with E-state index in [0.717, 1.165) is 33.1 Å². The van der Waals surface area contributed by atoms with Gasteiger partial charge < -0.3 is 10.1 Å². The Morgan fingerprint density at radius 3 is 2.73 bits per heavy atom. The van der Waals surface area contributed by atoms with Gasteiger partial charge in [0.1, 0.15) is 12.3 Å². The molecule has 0 bridgehead atoms. The maximum absolute atomic E-state index is 12.8. The molecule has 156 valence electrons. The number of hydrogen-bond donors (Lipinski definition) is 1. The topological polar surface area (TPSA) is 75.7 Å². The molecule has 2 aromatic rings. The number of ether oxygens (including phenoxy) is 1. The lowest BCUT2D eigenvalue weighted by Gasteiger charge is -2.13. The number of nitrogens with zero attached hydrogens (tertiary/aromatic N) is 1. The molecule has 1 saturated heterocycles. The molecule has 1 heterocycles. The molecule has 0 aliphatic carbocycles. The molecule has 6 nitrogen and oxygen atoms in total. The highest BCUT2D eigenvalue weighted by Gasteiger charge is 2.36. The molecule has 0 aromatic heterocycles. The van der Waals surface area contributed by atoms with Crippen LogP contribution in [0.1, 0.15) is 24.5 Å². The third kappa shape index (κ3) is 5.31. The van der Waals surface area contributed by atoms with Crippen molar-refractivity contribution in [1.82, 2.24) is 4.90 Å². The molecule has 1 aliphatic rings. The molecule has 1 N–H and O–H groups in total. The fraction of sp³-hybridized carbons (Fsp3) is 0.227. The van der Waals surface area contributed by atoms with Crippen LogP contribution in [0.2, 0.25) is 0 Å². The van der Waals surface area contributed by atoms with E-state index in [4.69, 9.17) is 4.74 Å². The van der Waals surface area contributed by atoms with E-state index in [2.05, 4.69) is 21.2 Å². The van der Waals surface area contributed by atoms with Crippen molar-refractivity contribution in [2.24, 2.45) is 0 Å². The van der Waals surface area contributed by atoms with E-state index in [1.165, 1.54) is 0 Å². The third-order valence-electron chi connectivity index (χ3n) is 4.31. The molecule has 0 spiro atoms. The van der Waals surface area contributed by atoms with Gasteiger partial charge in [-0.15, -0.1) is 0 Å². The van der Waals surface area contributed by atoms with Gasteiger partial charge in [0.25, 0.3) is 11.1 Å². The number of para-hydroxylation sites is 1. The summed E-state index contributed by atoms with van der Waals surface area (Å²) in [6.45, 7) is 4.08. The number of amides is 3. The molecule has 0 saturated carbocycles. The molecular weight excluding hydrogens is 468 g/mol. The van der Waals surface area contributed by atoms with Gasteiger partial charge in [-0.2, -0.15) is 0 Å². The van der Waals surface area contributed by atoms with E-state index in [9.17, 15) is 14.4 Å². The molecule has 30 heavy (non-hydrogen) atoms. The number of halogens is 1. The second-order valence-electron chi connectivity index (χ2n) is 6.66. The molecule has 3 amide bonds. The fourth-order valence-electron chi connectivity index (χ4n) is 2.80. The maximum Gasteiger partial charge on any atom is 0.294 e. The van der Waals surface area contributed by atoms with Gasteiger partial charge in [0, 0.05) is 15.7 Å². The Morgan fingerprint density at radius 2 is 2.00 bits per heavy atom. The lowest BCUT2D eigenvalue weighted by Crippen LogP contribution is -2.36. The number of carbonyl (C=O) groups is 3. The van der Waals surface area contributed by atoms with Crippen molar-refractivity contribution < 1.29 is 19.1 Å². The molecule has 1 fully saturated rings. The molecular formula is C22H21BrN2O4S. The van der Waals surface area contributed by atoms with Gasteiger partial charge in [-0.3, -0.25) is 19.3 Å². The Labute approximate surface area is 187 Å². The SMILES string of the molecule is CCCOc1ccc(Br)cc1/C=C1/SC(=O)N(CC(=O)Nc2ccccc2C)C1=O. The van der Waals surface area contributed by atoms with Crippen molar-refractivity contribution in [3.05, 3.63) is 63.0 Å². The van der Waals surface area contributed by atoms with Crippen LogP contribution in [0.3, 0.4) is 0 Å². The van der Waals surface area contributed by atoms with Crippen LogP contribution in [0.5, 0.6) is 5.75 Å². The van der Waals surface area contributed by atoms with Gasteiger partial charge in [-0.25, -0.2) is 0 Å². The zero-order valence-electron chi connectivity index (χ0n) is 16.6. The van der Waals surface area contributed by atoms with Gasteiger partial charge >= 0.3 is 0 Å². The molecule has 1 aliphatic heterocycles. The lowest BCUT2D eigenvalue weighted by atomic mass is 10.2. The molecule has 0 unspecified atom stereocenters. The van der Waals surface area contributed by atoms with Crippen LogP contribution >= 0.6 is 27.7 Å². The predicted octanol–water partition coefficient (Wildman–Crippen LogP) is 5.22. The minimum absolute atomic E-state index is 0.253. The summed E-state index contributed by atoms with van der Waals surface area (Å²) in [7, 11) is 0. The van der Waals surface area contributed by atoms with Gasteiger partial charge in [0.05, 0.1) is 11.5 Å². The normalized spacial score (nSPS) is 15.0. The second kappa shape index (κ2) is 9.95. The number of aryl methyl sites for hydroxylation is 1. The number of nitrogens with one attached hydrogen (secondary N) is 1. The van der Waals surface area contributed by atoms with E-state index >= 15 is 0 Å². The summed E-state index contributed by atoms with van der Waals surface area (Å²) in [5, 5.41) is 2.27. The van der Waals surface area contributed by atoms with Gasteiger partial charge in [-0.1, -0.05) is 41.1 Å². The van der Waals surface area contributed by atoms with Crippen molar-refractivity contribution >= 4 is 56.5 Å². The van der Waals surface area contributed by atoms with Crippen LogP contribution in [0.25, 0.3) is 6.08 Å². The zero-order chi connectivity index (χ0) is 21.7. The third-order valence-corrected chi connectivity index (χ3v) is 5.72. The van der Waals surface area contributed by atoms with E-state index in [1.807, 2.05) is 50.2 Å². The first-order chi connectivity index (χ1) is 14.4. The standard InChI is InChI=1S/C22H21BrN2O4S/c1-3-10-29-18-9-8-16(23)11-15(18)12-19-21(27)25(22(28)30-19)13-20(26)24-17-7-5-4-6-14(17)2/h4-9,11-12H,3,10,13H2,1-2H3,(H,24,26)/b19-12+. The molecule has 8 heteroatoms. The van der Waals surface area contributed by atoms with Crippen LogP contribution in [0.15, 0.2) is 51.8 Å². The smallest absolute Gasteiger partial charge is 0.294 e. The molecule has 2 aromatic carbocycles. The van der Waals surface area contributed by atoms with E-state index in [1.54, 1.807) is 12.1 Å². The molecule has 0 atom stereocenters. The Bertz CT molecular complexity index is 1020. The highest BCUT2D eigenvalue weighted by molar-refractivity contribution is 9.10. The zero-order valence-corrected chi connectivity index (χ0v) is 19.0. The quantitative estimate of drug-likeness (QED) is 0.540. The number of anilines is 1. The summed E-state index contributed by atoms with van der Waals surface area (Å²) >= 11 is 4.23. The Morgan fingerprint density at radius 1 is 1.23 bits per heavy atom. The van der Waals surface area contributed by atoms with Crippen molar-refractivity contribution in [1.29, 1.82) is 0 Å². The summed E-state index contributed by atoms with van der Waals surface area (Å²) in [6.07, 6.45) is 2.47. The van der Waals surface area contributed by atoms with Crippen LogP contribution in [0.4, 0.5) is 10.5 Å². The minimum Gasteiger partial charge on any atom is -0.493 e. The number of thioether (sulfide) groups is 1. The molecule has 3 rings (SSSR count). The van der Waals surface area contributed by atoms with Crippen LogP contribution in [-0.4, -0.2) is 35.1 Å². The first-order valence-electron chi connectivity index (χ1n) is 9.42. The van der Waals surface area contributed by atoms with Crippen LogP contribution in [-0.2, 0) is 9.59 Å². The monoisotopic (exact) mass is 488 g/mol. The fourth-order valence-corrected chi connectivity index (χ4v) is 4.01. The minimum atomic E-state index is -0.494. The van der Waals surface area contributed by atoms with Crippen LogP contribution < -0.4 is 10.1 Å². The summed E-state index contributed by atoms with van der Waals surface area (Å²) in [5.41, 5.74) is 2.23. The first-order valence-corrected chi connectivity index (χ1v) is 11.0. The van der Waals surface area contributed by atoms with Gasteiger partial charge in [0.2, 0.25) is 5.91 Å². The Balaban J connectivity index is 1.75. The Hall–Kier alpha value is -2.58. The van der Waals surface area contributed by atoms with Gasteiger partial charge in [0.15, 0.2) is 0 Å². The number of hydrogen-bond acceptors (Lipinski definition) is 5. The number of carbonyl (C=O) groups excluding carboxylic acids is 3. The summed E-state index contributed by atoms with van der Waals surface area (Å²) in [5.74, 6) is -0.294. The van der Waals surface area contributed by atoms with Crippen molar-refractivity contribution in [2.75, 3.05) is 18.5 Å². The average Bonchev–Trinajstić information content (AvgIpc) is 2.96. The largest absolute Gasteiger partial charge is 0.493 e. The first kappa shape index (κ1) is 22.1. The highest BCUT2D eigenvalue weighted by atomic mass is 79.9. The van der Waals surface area contributed by atoms with Crippen molar-refractivity contribution in [3.8, 4) is 5.75 Å². The average molecular weight is 489 g/mol. The van der Waals surface area contributed by atoms with Crippen molar-refractivity contribution in [2.45, 2.75) is 20.3 Å². The van der Waals surface area contributed by atoms with E-state index in [-0.39, 0.29) is 11.4 Å². The molecule has 0 radical (unpaired) electrons.